The van der Waals surface area contributed by atoms with Crippen molar-refractivity contribution >= 4 is 5.91 Å². The van der Waals surface area contributed by atoms with Crippen LogP contribution in [0.4, 0.5) is 0 Å². The number of carbonyl (C=O) groups excluding carboxylic acids is 1. The molecule has 1 N–H and O–H groups in total. The Balaban J connectivity index is 1.58. The van der Waals surface area contributed by atoms with Crippen molar-refractivity contribution in [3.8, 4) is 17.6 Å². The van der Waals surface area contributed by atoms with Gasteiger partial charge in [-0.25, -0.2) is 0 Å². The summed E-state index contributed by atoms with van der Waals surface area (Å²) in [6, 6.07) is 8.14. The van der Waals surface area contributed by atoms with E-state index in [2.05, 4.69) is 11.4 Å². The predicted octanol–water partition coefficient (Wildman–Crippen LogP) is 2.19. The highest BCUT2D eigenvalue weighted by atomic mass is 16.7. The number of fused-ring (bicyclic) bond motifs is 1. The number of amides is 1. The maximum Gasteiger partial charge on any atom is 0.235 e. The van der Waals surface area contributed by atoms with E-state index in [-0.39, 0.29) is 19.2 Å². The summed E-state index contributed by atoms with van der Waals surface area (Å²) < 4.78 is 10.7. The molecule has 0 radical (unpaired) electrons. The average Bonchev–Trinajstić information content (AvgIpc) is 3.23. The van der Waals surface area contributed by atoms with Crippen LogP contribution in [0.2, 0.25) is 0 Å². The highest BCUT2D eigenvalue weighted by Gasteiger charge is 2.35. The summed E-state index contributed by atoms with van der Waals surface area (Å²) in [6.45, 7) is 3.97. The fourth-order valence-electron chi connectivity index (χ4n) is 3.33. The quantitative estimate of drug-likeness (QED) is 0.866. The molecular weight excluding hydrogens is 306 g/mol. The van der Waals surface area contributed by atoms with Crippen LogP contribution < -0.4 is 14.8 Å². The van der Waals surface area contributed by atoms with Gasteiger partial charge in [-0.3, -0.25) is 9.69 Å². The molecule has 1 fully saturated rings. The van der Waals surface area contributed by atoms with E-state index in [1.54, 1.807) is 0 Å². The number of carbonyl (C=O) groups is 1. The standard InChI is InChI=1S/C18H23N3O3/c1-2-21(10-14-5-6-15-16(9-14)24-13-23-15)11-17(22)20-18(12-19)7-3-4-8-18/h5-6,9H,2-4,7-8,10-11,13H2,1H3,(H,20,22). The van der Waals surface area contributed by atoms with Crippen LogP contribution in [0.25, 0.3) is 0 Å². The molecule has 0 spiro atoms. The van der Waals surface area contributed by atoms with Crippen molar-refractivity contribution in [2.24, 2.45) is 0 Å². The molecule has 0 aromatic heterocycles. The minimum Gasteiger partial charge on any atom is -0.454 e. The number of rotatable bonds is 6. The van der Waals surface area contributed by atoms with Gasteiger partial charge in [0.15, 0.2) is 11.5 Å². The molecule has 0 unspecified atom stereocenters. The third-order valence-corrected chi connectivity index (χ3v) is 4.71. The average molecular weight is 329 g/mol. The first-order valence-corrected chi connectivity index (χ1v) is 8.47. The van der Waals surface area contributed by atoms with Crippen LogP contribution in [0.3, 0.4) is 0 Å². The normalized spacial score (nSPS) is 17.7. The van der Waals surface area contributed by atoms with Gasteiger partial charge >= 0.3 is 0 Å². The molecule has 6 heteroatoms. The lowest BCUT2D eigenvalue weighted by molar-refractivity contribution is -0.123. The first kappa shape index (κ1) is 16.6. The van der Waals surface area contributed by atoms with Gasteiger partial charge in [0.1, 0.15) is 5.54 Å². The predicted molar refractivity (Wildman–Crippen MR) is 88.5 cm³/mol. The molecule has 1 amide bonds. The summed E-state index contributed by atoms with van der Waals surface area (Å²) in [6.07, 6.45) is 3.51. The van der Waals surface area contributed by atoms with Crippen LogP contribution >= 0.6 is 0 Å². The number of likely N-dealkylation sites (N-methyl/N-ethyl adjacent to an activating group) is 1. The monoisotopic (exact) mass is 329 g/mol. The number of ether oxygens (including phenoxy) is 2. The van der Waals surface area contributed by atoms with Crippen LogP contribution in [0.5, 0.6) is 11.5 Å². The van der Waals surface area contributed by atoms with E-state index >= 15 is 0 Å². The topological polar surface area (TPSA) is 74.6 Å². The van der Waals surface area contributed by atoms with Crippen LogP contribution in [0, 0.1) is 11.3 Å². The van der Waals surface area contributed by atoms with E-state index in [1.807, 2.05) is 30.0 Å². The Bertz CT molecular complexity index is 647. The van der Waals surface area contributed by atoms with Gasteiger partial charge in [0.05, 0.1) is 12.6 Å². The number of nitriles is 1. The van der Waals surface area contributed by atoms with E-state index in [0.717, 1.165) is 49.3 Å². The van der Waals surface area contributed by atoms with Crippen molar-refractivity contribution < 1.29 is 14.3 Å². The van der Waals surface area contributed by atoms with E-state index in [0.29, 0.717) is 6.54 Å². The van der Waals surface area contributed by atoms with Crippen LogP contribution in [0.1, 0.15) is 38.2 Å². The Morgan fingerprint density at radius 2 is 2.08 bits per heavy atom. The zero-order valence-corrected chi connectivity index (χ0v) is 14.0. The van der Waals surface area contributed by atoms with Gasteiger partial charge in [-0.15, -0.1) is 0 Å². The highest BCUT2D eigenvalue weighted by molar-refractivity contribution is 5.79. The summed E-state index contributed by atoms with van der Waals surface area (Å²) in [5.74, 6) is 1.43. The van der Waals surface area contributed by atoms with Crippen molar-refractivity contribution in [3.05, 3.63) is 23.8 Å². The fourth-order valence-corrected chi connectivity index (χ4v) is 3.33. The molecule has 1 aromatic rings. The zero-order valence-electron chi connectivity index (χ0n) is 14.0. The Hall–Kier alpha value is -2.26. The van der Waals surface area contributed by atoms with Gasteiger partial charge < -0.3 is 14.8 Å². The number of nitrogens with zero attached hydrogens (tertiary/aromatic N) is 2. The van der Waals surface area contributed by atoms with Crippen LogP contribution in [0.15, 0.2) is 18.2 Å². The molecule has 128 valence electrons. The van der Waals surface area contributed by atoms with Gasteiger partial charge in [-0.1, -0.05) is 13.0 Å². The SMILES string of the molecule is CCN(CC(=O)NC1(C#N)CCCC1)Cc1ccc2c(c1)OCO2. The van der Waals surface area contributed by atoms with Gasteiger partial charge in [-0.05, 0) is 49.9 Å². The Morgan fingerprint density at radius 1 is 1.33 bits per heavy atom. The minimum atomic E-state index is -0.657. The molecule has 0 bridgehead atoms. The van der Waals surface area contributed by atoms with Crippen molar-refractivity contribution in [2.75, 3.05) is 19.9 Å². The van der Waals surface area contributed by atoms with E-state index < -0.39 is 5.54 Å². The Labute approximate surface area is 142 Å². The van der Waals surface area contributed by atoms with Gasteiger partial charge in [-0.2, -0.15) is 5.26 Å². The van der Waals surface area contributed by atoms with E-state index in [4.69, 9.17) is 9.47 Å². The zero-order chi connectivity index (χ0) is 17.0. The molecule has 1 aliphatic carbocycles. The van der Waals surface area contributed by atoms with Gasteiger partial charge in [0.25, 0.3) is 0 Å². The van der Waals surface area contributed by atoms with Crippen molar-refractivity contribution in [3.63, 3.8) is 0 Å². The van der Waals surface area contributed by atoms with E-state index in [1.165, 1.54) is 0 Å². The molecule has 6 nitrogen and oxygen atoms in total. The molecule has 1 saturated carbocycles. The largest absolute Gasteiger partial charge is 0.454 e. The Morgan fingerprint density at radius 3 is 2.79 bits per heavy atom. The second kappa shape index (κ2) is 7.10. The smallest absolute Gasteiger partial charge is 0.235 e. The number of nitrogens with one attached hydrogen (secondary N) is 1. The lowest BCUT2D eigenvalue weighted by Crippen LogP contribution is -2.48. The maximum atomic E-state index is 12.4. The summed E-state index contributed by atoms with van der Waals surface area (Å²) in [7, 11) is 0. The van der Waals surface area contributed by atoms with Crippen LogP contribution in [-0.4, -0.2) is 36.2 Å². The molecule has 3 rings (SSSR count). The van der Waals surface area contributed by atoms with Gasteiger partial charge in [0, 0.05) is 6.54 Å². The van der Waals surface area contributed by atoms with Crippen LogP contribution in [-0.2, 0) is 11.3 Å². The molecular formula is C18H23N3O3. The molecule has 24 heavy (non-hydrogen) atoms. The molecule has 0 atom stereocenters. The number of hydrogen-bond acceptors (Lipinski definition) is 5. The van der Waals surface area contributed by atoms with E-state index in [9.17, 15) is 10.1 Å². The number of benzene rings is 1. The first-order valence-electron chi connectivity index (χ1n) is 8.47. The molecule has 1 aromatic carbocycles. The fraction of sp³-hybridized carbons (Fsp3) is 0.556. The van der Waals surface area contributed by atoms with Gasteiger partial charge in [0.2, 0.25) is 12.7 Å². The third kappa shape index (κ3) is 3.62. The van der Waals surface area contributed by atoms with Crippen molar-refractivity contribution in [1.29, 1.82) is 5.26 Å². The summed E-state index contributed by atoms with van der Waals surface area (Å²) in [5.41, 5.74) is 0.416. The lowest BCUT2D eigenvalue weighted by Gasteiger charge is -2.25. The maximum absolute atomic E-state index is 12.4. The second-order valence-electron chi connectivity index (χ2n) is 6.44. The summed E-state index contributed by atoms with van der Waals surface area (Å²) >= 11 is 0. The second-order valence-corrected chi connectivity index (χ2v) is 6.44. The lowest BCUT2D eigenvalue weighted by atomic mass is 10.00. The summed E-state index contributed by atoms with van der Waals surface area (Å²) in [5, 5.41) is 12.3. The van der Waals surface area contributed by atoms with Crippen molar-refractivity contribution in [2.45, 2.75) is 44.7 Å². The minimum absolute atomic E-state index is 0.0824. The molecule has 1 aliphatic heterocycles. The molecule has 1 heterocycles. The summed E-state index contributed by atoms with van der Waals surface area (Å²) in [4.78, 5) is 14.4. The third-order valence-electron chi connectivity index (χ3n) is 4.71. The molecule has 0 saturated heterocycles. The van der Waals surface area contributed by atoms with Crippen molar-refractivity contribution in [1.82, 2.24) is 10.2 Å². The Kier molecular flexibility index (Phi) is 4.91. The highest BCUT2D eigenvalue weighted by Crippen LogP contribution is 2.33. The number of hydrogen-bond donors (Lipinski definition) is 1. The first-order chi connectivity index (χ1) is 11.6. The molecule has 2 aliphatic rings.